The molecule has 2 saturated carbocycles. The highest BCUT2D eigenvalue weighted by molar-refractivity contribution is 5.13. The third-order valence-corrected chi connectivity index (χ3v) is 7.50. The first-order chi connectivity index (χ1) is 20.6. The third-order valence-electron chi connectivity index (χ3n) is 7.50. The molecule has 12 atom stereocenters. The van der Waals surface area contributed by atoms with E-state index in [1.807, 2.05) is 0 Å². The van der Waals surface area contributed by atoms with Crippen molar-refractivity contribution in [3.63, 3.8) is 0 Å². The highest BCUT2D eigenvalue weighted by Gasteiger charge is 2.90. The van der Waals surface area contributed by atoms with Crippen LogP contribution in [-0.2, 0) is 9.47 Å². The van der Waals surface area contributed by atoms with Crippen LogP contribution in [0.25, 0.3) is 0 Å². The Hall–Kier alpha value is -2.00. The lowest BCUT2D eigenvalue weighted by atomic mass is 9.81. The minimum Gasteiger partial charge on any atom is -0.365 e. The Kier molecular flexibility index (Phi) is 11.5. The van der Waals surface area contributed by atoms with Gasteiger partial charge in [-0.1, -0.05) is 12.2 Å². The van der Waals surface area contributed by atoms with Crippen LogP contribution in [0.5, 0.6) is 0 Å². The van der Waals surface area contributed by atoms with Gasteiger partial charge in [0.25, 0.3) is 0 Å². The Balaban J connectivity index is 2.33. The largest absolute Gasteiger partial charge is 0.384 e. The summed E-state index contributed by atoms with van der Waals surface area (Å²) in [6.45, 7) is -1.38. The monoisotopic (exact) mass is 722 g/mol. The predicted molar refractivity (Wildman–Crippen MR) is 116 cm³/mol. The van der Waals surface area contributed by atoms with E-state index in [1.54, 1.807) is 0 Å². The molecule has 0 spiro atoms. The average molecular weight is 722 g/mol. The fraction of sp³-hybridized carbons (Fsp3) is 0.833. The Morgan fingerprint density at radius 3 is 0.891 bits per heavy atom. The molecular formula is C24H22F20O2. The molecule has 0 radical (unpaired) electrons. The lowest BCUT2D eigenvalue weighted by Gasteiger charge is -2.43. The normalized spacial score (nSPS) is 37.2. The van der Waals surface area contributed by atoms with Crippen molar-refractivity contribution in [2.45, 2.75) is 97.1 Å². The van der Waals surface area contributed by atoms with Gasteiger partial charge < -0.3 is 9.47 Å². The highest BCUT2D eigenvalue weighted by atomic mass is 19.4. The van der Waals surface area contributed by atoms with Crippen LogP contribution >= 0.6 is 0 Å². The SMILES string of the molecule is C=CC1C(F)C(F)C(F)C(OCC(F)(F)C(F)(F)C(F)(F)C(F)(F)C(F)(F)C(F)(F)COC2C(F)C(F)C(F)C(C=C)C2F)C1F. The number of hydrogen-bond acceptors (Lipinski definition) is 2. The van der Waals surface area contributed by atoms with Crippen LogP contribution < -0.4 is 0 Å². The summed E-state index contributed by atoms with van der Waals surface area (Å²) in [5.41, 5.74) is 0. The van der Waals surface area contributed by atoms with Crippen molar-refractivity contribution in [1.29, 1.82) is 0 Å². The average Bonchev–Trinajstić information content (AvgIpc) is 2.94. The smallest absolute Gasteiger partial charge is 0.365 e. The molecular weight excluding hydrogens is 700 g/mol. The van der Waals surface area contributed by atoms with Crippen molar-refractivity contribution < 1.29 is 97.3 Å². The number of halogens is 20. The minimum absolute atomic E-state index is 0.249. The summed E-state index contributed by atoms with van der Waals surface area (Å²) in [4.78, 5) is 0. The van der Waals surface area contributed by atoms with Gasteiger partial charge in [0.2, 0.25) is 0 Å². The zero-order valence-corrected chi connectivity index (χ0v) is 22.3. The summed E-state index contributed by atoms with van der Waals surface area (Å²) in [5, 5.41) is 0. The number of hydrogen-bond donors (Lipinski definition) is 0. The van der Waals surface area contributed by atoms with Crippen LogP contribution in [0.4, 0.5) is 87.8 Å². The van der Waals surface area contributed by atoms with Crippen molar-refractivity contribution in [3.8, 4) is 0 Å². The maximum atomic E-state index is 14.3. The molecule has 0 heterocycles. The van der Waals surface area contributed by atoms with Gasteiger partial charge in [0, 0.05) is 11.8 Å². The number of ether oxygens (including phenoxy) is 2. The van der Waals surface area contributed by atoms with Crippen LogP contribution in [0, 0.1) is 11.8 Å². The standard InChI is InChI=1S/C24H22F20O2/c1-3-7-9(25)13(29)15(31)17(11(7)27)45-5-19(33,34)21(37,38)23(41,42)24(43,44)22(39,40)20(35,36)6-46-18-12(28)8(4-2)10(26)14(30)16(18)32/h3-4,7-18H,1-2,5-6H2. The van der Waals surface area contributed by atoms with Gasteiger partial charge >= 0.3 is 35.5 Å². The molecule has 22 heteroatoms. The zero-order chi connectivity index (χ0) is 36.2. The van der Waals surface area contributed by atoms with Gasteiger partial charge in [-0.05, 0) is 0 Å². The second kappa shape index (κ2) is 13.1. The Morgan fingerprint density at radius 1 is 0.391 bits per heavy atom. The summed E-state index contributed by atoms with van der Waals surface area (Å²) < 4.78 is 289. The molecule has 0 aliphatic heterocycles. The fourth-order valence-electron chi connectivity index (χ4n) is 4.60. The van der Waals surface area contributed by atoms with E-state index in [0.717, 1.165) is 0 Å². The minimum atomic E-state index is -8.25. The van der Waals surface area contributed by atoms with Crippen LogP contribution in [0.15, 0.2) is 25.3 Å². The first kappa shape index (κ1) is 40.2. The second-order valence-corrected chi connectivity index (χ2v) is 10.4. The molecule has 2 nitrogen and oxygen atoms in total. The van der Waals surface area contributed by atoms with Crippen molar-refractivity contribution in [2.75, 3.05) is 13.2 Å². The fourth-order valence-corrected chi connectivity index (χ4v) is 4.60. The molecule has 2 rings (SSSR count). The highest BCUT2D eigenvalue weighted by Crippen LogP contribution is 2.60. The molecule has 2 aliphatic rings. The first-order valence-electron chi connectivity index (χ1n) is 12.5. The molecule has 46 heavy (non-hydrogen) atoms. The maximum absolute atomic E-state index is 14.3. The van der Waals surface area contributed by atoms with Crippen molar-refractivity contribution in [1.82, 2.24) is 0 Å². The van der Waals surface area contributed by atoms with Crippen LogP contribution in [0.2, 0.25) is 0 Å². The maximum Gasteiger partial charge on any atom is 0.384 e. The molecule has 270 valence electrons. The molecule has 2 fully saturated rings. The van der Waals surface area contributed by atoms with E-state index in [-0.39, 0.29) is 12.2 Å². The van der Waals surface area contributed by atoms with Gasteiger partial charge in [-0.25, -0.2) is 35.1 Å². The molecule has 2 aliphatic carbocycles. The van der Waals surface area contributed by atoms with Gasteiger partial charge in [0.15, 0.2) is 24.7 Å². The van der Waals surface area contributed by atoms with Crippen molar-refractivity contribution >= 4 is 0 Å². The zero-order valence-electron chi connectivity index (χ0n) is 22.3. The Morgan fingerprint density at radius 2 is 0.652 bits per heavy atom. The van der Waals surface area contributed by atoms with E-state index in [4.69, 9.17) is 0 Å². The Bertz CT molecular complexity index is 988. The number of allylic oxidation sites excluding steroid dienone is 2. The molecule has 0 aromatic heterocycles. The van der Waals surface area contributed by atoms with Crippen LogP contribution in [-0.4, -0.2) is 110 Å². The summed E-state index contributed by atoms with van der Waals surface area (Å²) in [6.07, 6.45) is -32.8. The van der Waals surface area contributed by atoms with E-state index in [9.17, 15) is 87.8 Å². The van der Waals surface area contributed by atoms with Gasteiger partial charge in [0.1, 0.15) is 50.1 Å². The van der Waals surface area contributed by atoms with E-state index in [2.05, 4.69) is 22.6 Å². The second-order valence-electron chi connectivity index (χ2n) is 10.4. The molecule has 0 amide bonds. The van der Waals surface area contributed by atoms with Gasteiger partial charge in [-0.2, -0.15) is 52.7 Å². The lowest BCUT2D eigenvalue weighted by Crippen LogP contribution is -2.72. The van der Waals surface area contributed by atoms with E-state index < -0.39 is 122 Å². The van der Waals surface area contributed by atoms with Gasteiger partial charge in [-0.3, -0.25) is 0 Å². The van der Waals surface area contributed by atoms with Crippen molar-refractivity contribution in [3.05, 3.63) is 25.3 Å². The van der Waals surface area contributed by atoms with E-state index in [1.165, 1.54) is 0 Å². The Labute approximate surface area is 245 Å². The molecule has 0 N–H and O–H groups in total. The summed E-state index contributed by atoms with van der Waals surface area (Å²) >= 11 is 0. The van der Waals surface area contributed by atoms with Gasteiger partial charge in [0.05, 0.1) is 0 Å². The third kappa shape index (κ3) is 6.17. The lowest BCUT2D eigenvalue weighted by molar-refractivity contribution is -0.430. The summed E-state index contributed by atoms with van der Waals surface area (Å²) in [5.74, 6) is -50.9. The first-order valence-corrected chi connectivity index (χ1v) is 12.5. The van der Waals surface area contributed by atoms with Crippen molar-refractivity contribution in [2.24, 2.45) is 11.8 Å². The molecule has 0 aromatic carbocycles. The molecule has 0 aromatic rings. The molecule has 0 bridgehead atoms. The van der Waals surface area contributed by atoms with E-state index >= 15 is 0 Å². The molecule has 0 saturated heterocycles. The number of alkyl halides is 20. The predicted octanol–water partition coefficient (Wildman–Crippen LogP) is 7.91. The summed E-state index contributed by atoms with van der Waals surface area (Å²) in [7, 11) is 0. The topological polar surface area (TPSA) is 18.5 Å². The molecule has 12 unspecified atom stereocenters. The van der Waals surface area contributed by atoms with Gasteiger partial charge in [-0.15, -0.1) is 13.2 Å². The summed E-state index contributed by atoms with van der Waals surface area (Å²) in [6, 6.07) is 0. The van der Waals surface area contributed by atoms with Crippen LogP contribution in [0.1, 0.15) is 0 Å². The van der Waals surface area contributed by atoms with E-state index in [0.29, 0.717) is 0 Å². The van der Waals surface area contributed by atoms with Crippen LogP contribution in [0.3, 0.4) is 0 Å². The number of rotatable bonds is 13. The quantitative estimate of drug-likeness (QED) is 0.142.